The number of carbonyl (C=O) groups is 1. The molecule has 0 amide bonds. The summed E-state index contributed by atoms with van der Waals surface area (Å²) in [6.45, 7) is 0. The molecule has 0 aromatic heterocycles. The molecule has 11 heavy (non-hydrogen) atoms. The number of amidine groups is 1. The summed E-state index contributed by atoms with van der Waals surface area (Å²) in [6, 6.07) is -0.171. The molecular weight excluding hydrogens is 175 g/mol. The second-order valence-corrected chi connectivity index (χ2v) is 3.05. The molecule has 0 radical (unpaired) electrons. The summed E-state index contributed by atoms with van der Waals surface area (Å²) in [4.78, 5) is 13.9. The Kier molecular flexibility index (Phi) is 5.16. The number of thioether (sulfide) groups is 1. The predicted molar refractivity (Wildman–Crippen MR) is 37.5 cm³/mol. The molecule has 4 nitrogen and oxygen atoms in total. The van der Waals surface area contributed by atoms with Crippen LogP contribution in [0.4, 0.5) is 0 Å². The Morgan fingerprint density at radius 1 is 1.91 bits per heavy atom. The molecule has 0 saturated carbocycles. The summed E-state index contributed by atoms with van der Waals surface area (Å²) >= 11 is 1.38. The predicted octanol–water partition coefficient (Wildman–Crippen LogP) is -4.44. The molecule has 56 valence electrons. The first kappa shape index (κ1) is 11.3. The Labute approximate surface area is 90.9 Å². The number of nitrogens with zero attached hydrogens (tertiary/aromatic N) is 1. The van der Waals surface area contributed by atoms with Crippen molar-refractivity contribution in [3.05, 3.63) is 0 Å². The maximum absolute atomic E-state index is 10.0. The van der Waals surface area contributed by atoms with E-state index in [0.717, 1.165) is 0 Å². The number of rotatable bonds is 2. The van der Waals surface area contributed by atoms with Crippen LogP contribution in [0.5, 0.6) is 0 Å². The molecule has 0 fully saturated rings. The van der Waals surface area contributed by atoms with Crippen LogP contribution in [0.1, 0.15) is 6.42 Å². The van der Waals surface area contributed by atoms with Gasteiger partial charge in [0.25, 0.3) is 0 Å². The van der Waals surface area contributed by atoms with Crippen LogP contribution in [0, 0.1) is 0 Å². The van der Waals surface area contributed by atoms with E-state index in [2.05, 4.69) is 4.99 Å². The molecule has 6 heteroatoms. The summed E-state index contributed by atoms with van der Waals surface area (Å²) in [5.41, 5.74) is 5.30. The first-order chi connectivity index (χ1) is 4.68. The molecular formula is C5H7N2NaO2S. The molecule has 1 heterocycles. The monoisotopic (exact) mass is 182 g/mol. The molecule has 2 N–H and O–H groups in total. The van der Waals surface area contributed by atoms with Gasteiger partial charge in [-0.05, 0) is 0 Å². The van der Waals surface area contributed by atoms with Gasteiger partial charge in [0.2, 0.25) is 0 Å². The molecule has 1 unspecified atom stereocenters. The molecule has 1 aliphatic heterocycles. The average molecular weight is 182 g/mol. The number of carboxylic acid groups (broad SMARTS) is 1. The van der Waals surface area contributed by atoms with Crippen molar-refractivity contribution in [2.75, 3.05) is 5.75 Å². The van der Waals surface area contributed by atoms with Gasteiger partial charge in [0, 0.05) is 18.1 Å². The Morgan fingerprint density at radius 3 is 2.91 bits per heavy atom. The first-order valence-corrected chi connectivity index (χ1v) is 3.83. The van der Waals surface area contributed by atoms with Gasteiger partial charge in [-0.2, -0.15) is 0 Å². The summed E-state index contributed by atoms with van der Waals surface area (Å²) < 4.78 is 0. The van der Waals surface area contributed by atoms with Crippen LogP contribution >= 0.6 is 11.8 Å². The SMILES string of the molecule is NC1=NC(CC(=O)[O-])CS1.[Na+]. The van der Waals surface area contributed by atoms with Crippen LogP contribution in [0.3, 0.4) is 0 Å². The van der Waals surface area contributed by atoms with E-state index in [1.165, 1.54) is 11.8 Å². The van der Waals surface area contributed by atoms with Crippen molar-refractivity contribution in [1.29, 1.82) is 0 Å². The van der Waals surface area contributed by atoms with Crippen molar-refractivity contribution in [1.82, 2.24) is 0 Å². The maximum Gasteiger partial charge on any atom is 1.00 e. The smallest absolute Gasteiger partial charge is 0.550 e. The minimum atomic E-state index is -1.07. The van der Waals surface area contributed by atoms with Crippen LogP contribution in [-0.2, 0) is 4.79 Å². The summed E-state index contributed by atoms with van der Waals surface area (Å²) in [7, 11) is 0. The zero-order chi connectivity index (χ0) is 7.56. The number of aliphatic carboxylic acids is 1. The quantitative estimate of drug-likeness (QED) is 0.437. The van der Waals surface area contributed by atoms with E-state index in [4.69, 9.17) is 5.73 Å². The van der Waals surface area contributed by atoms with Gasteiger partial charge in [0.15, 0.2) is 5.17 Å². The molecule has 1 rings (SSSR count). The number of aliphatic imine (C=N–C) groups is 1. The molecule has 0 aromatic rings. The van der Waals surface area contributed by atoms with Crippen LogP contribution in [-0.4, -0.2) is 22.9 Å². The van der Waals surface area contributed by atoms with Crippen molar-refractivity contribution < 1.29 is 39.5 Å². The number of nitrogens with two attached hydrogens (primary N) is 1. The zero-order valence-corrected chi connectivity index (χ0v) is 9.06. The standard InChI is InChI=1S/C5H8N2O2S.Na/c6-5-7-3(2-10-5)1-4(8)9;/h3H,1-2H2,(H2,6,7)(H,8,9);/q;+1/p-1. The van der Waals surface area contributed by atoms with E-state index >= 15 is 0 Å². The van der Waals surface area contributed by atoms with Crippen molar-refractivity contribution in [3.63, 3.8) is 0 Å². The Morgan fingerprint density at radius 2 is 2.55 bits per heavy atom. The third-order valence-corrected chi connectivity index (χ3v) is 2.09. The number of carbonyl (C=O) groups excluding carboxylic acids is 1. The second kappa shape index (κ2) is 5.03. The van der Waals surface area contributed by atoms with E-state index in [0.29, 0.717) is 10.9 Å². The summed E-state index contributed by atoms with van der Waals surface area (Å²) in [5.74, 6) is -0.399. The zero-order valence-electron chi connectivity index (χ0n) is 6.24. The van der Waals surface area contributed by atoms with Gasteiger partial charge in [-0.1, -0.05) is 11.8 Å². The van der Waals surface area contributed by atoms with Crippen molar-refractivity contribution in [3.8, 4) is 0 Å². The van der Waals surface area contributed by atoms with E-state index in [1.54, 1.807) is 0 Å². The Balaban J connectivity index is 0.000001000. The van der Waals surface area contributed by atoms with Crippen molar-refractivity contribution in [2.45, 2.75) is 12.5 Å². The molecule has 1 atom stereocenters. The van der Waals surface area contributed by atoms with E-state index in [-0.39, 0.29) is 42.0 Å². The fourth-order valence-corrected chi connectivity index (χ4v) is 1.51. The third kappa shape index (κ3) is 4.00. The minimum absolute atomic E-state index is 0. The fraction of sp³-hybridized carbons (Fsp3) is 0.600. The topological polar surface area (TPSA) is 78.5 Å². The Hall–Kier alpha value is 0.290. The van der Waals surface area contributed by atoms with Crippen LogP contribution in [0.15, 0.2) is 4.99 Å². The van der Waals surface area contributed by atoms with E-state index in [9.17, 15) is 9.90 Å². The van der Waals surface area contributed by atoms with Gasteiger partial charge in [-0.15, -0.1) is 0 Å². The van der Waals surface area contributed by atoms with Crippen LogP contribution < -0.4 is 40.4 Å². The largest absolute Gasteiger partial charge is 1.00 e. The van der Waals surface area contributed by atoms with Gasteiger partial charge in [-0.25, -0.2) is 0 Å². The van der Waals surface area contributed by atoms with E-state index in [1.807, 2.05) is 0 Å². The maximum atomic E-state index is 10.0. The van der Waals surface area contributed by atoms with E-state index < -0.39 is 5.97 Å². The summed E-state index contributed by atoms with van der Waals surface area (Å²) in [6.07, 6.45) is -0.0201. The summed E-state index contributed by atoms with van der Waals surface area (Å²) in [5, 5.41) is 10.5. The molecule has 0 spiro atoms. The molecule has 1 aliphatic rings. The normalized spacial score (nSPS) is 22.2. The number of hydrogen-bond acceptors (Lipinski definition) is 5. The molecule has 0 aromatic carbocycles. The molecule has 0 aliphatic carbocycles. The average Bonchev–Trinajstić information content (AvgIpc) is 2.13. The first-order valence-electron chi connectivity index (χ1n) is 2.84. The molecule has 0 bridgehead atoms. The Bertz CT molecular complexity index is 185. The minimum Gasteiger partial charge on any atom is -0.550 e. The van der Waals surface area contributed by atoms with Gasteiger partial charge < -0.3 is 15.6 Å². The molecule has 0 saturated heterocycles. The van der Waals surface area contributed by atoms with Gasteiger partial charge in [-0.3, -0.25) is 4.99 Å². The van der Waals surface area contributed by atoms with Crippen LogP contribution in [0.2, 0.25) is 0 Å². The number of carboxylic acids is 1. The number of hydrogen-bond donors (Lipinski definition) is 1. The van der Waals surface area contributed by atoms with Gasteiger partial charge in [0.1, 0.15) is 0 Å². The second-order valence-electron chi connectivity index (χ2n) is 2.01. The van der Waals surface area contributed by atoms with Gasteiger partial charge in [0.05, 0.1) is 6.04 Å². The van der Waals surface area contributed by atoms with Crippen LogP contribution in [0.25, 0.3) is 0 Å². The van der Waals surface area contributed by atoms with Crippen molar-refractivity contribution >= 4 is 22.9 Å². The third-order valence-electron chi connectivity index (χ3n) is 1.14. The van der Waals surface area contributed by atoms with Gasteiger partial charge >= 0.3 is 29.6 Å². The fourth-order valence-electron chi connectivity index (χ4n) is 0.733. The van der Waals surface area contributed by atoms with Crippen molar-refractivity contribution in [2.24, 2.45) is 10.7 Å².